The summed E-state index contributed by atoms with van der Waals surface area (Å²) in [4.78, 5) is 36.2. The molecule has 1 atom stereocenters. The van der Waals surface area contributed by atoms with E-state index in [-0.39, 0.29) is 38.7 Å². The highest BCUT2D eigenvalue weighted by molar-refractivity contribution is 7.10. The van der Waals surface area contributed by atoms with E-state index >= 15 is 0 Å². The fourth-order valence-corrected chi connectivity index (χ4v) is 4.94. The van der Waals surface area contributed by atoms with Gasteiger partial charge in [0.15, 0.2) is 0 Å². The van der Waals surface area contributed by atoms with Gasteiger partial charge in [0, 0.05) is 17.3 Å². The first-order chi connectivity index (χ1) is 17.0. The van der Waals surface area contributed by atoms with E-state index in [4.69, 9.17) is 14.6 Å². The van der Waals surface area contributed by atoms with Gasteiger partial charge < -0.3 is 25.2 Å². The summed E-state index contributed by atoms with van der Waals surface area (Å²) in [5.74, 6) is -1.45. The molecule has 9 heteroatoms. The summed E-state index contributed by atoms with van der Waals surface area (Å²) >= 11 is 1.38. The van der Waals surface area contributed by atoms with Crippen molar-refractivity contribution in [2.24, 2.45) is 0 Å². The fourth-order valence-electron chi connectivity index (χ4n) is 4.16. The molecule has 2 aromatic carbocycles. The van der Waals surface area contributed by atoms with E-state index in [1.165, 1.54) is 11.3 Å². The summed E-state index contributed by atoms with van der Waals surface area (Å²) in [6.07, 6.45) is -0.769. The predicted molar refractivity (Wildman–Crippen MR) is 131 cm³/mol. The lowest BCUT2D eigenvalue weighted by Gasteiger charge is -2.16. The average Bonchev–Trinajstić information content (AvgIpc) is 3.49. The highest BCUT2D eigenvalue weighted by atomic mass is 32.1. The Kier molecular flexibility index (Phi) is 8.12. The van der Waals surface area contributed by atoms with E-state index in [0.29, 0.717) is 0 Å². The first-order valence-corrected chi connectivity index (χ1v) is 12.1. The Morgan fingerprint density at radius 3 is 2.29 bits per heavy atom. The number of aliphatic carboxylic acids is 1. The van der Waals surface area contributed by atoms with Gasteiger partial charge in [0.2, 0.25) is 5.91 Å². The summed E-state index contributed by atoms with van der Waals surface area (Å²) < 4.78 is 10.8. The molecule has 2 amide bonds. The van der Waals surface area contributed by atoms with Crippen molar-refractivity contribution >= 4 is 29.3 Å². The highest BCUT2D eigenvalue weighted by Gasteiger charge is 2.29. The quantitative estimate of drug-likeness (QED) is 0.348. The molecule has 1 unspecified atom stereocenters. The molecular weight excluding hydrogens is 468 g/mol. The van der Waals surface area contributed by atoms with Crippen molar-refractivity contribution < 1.29 is 29.0 Å². The third-order valence-electron chi connectivity index (χ3n) is 5.69. The molecule has 3 N–H and O–H groups in total. The molecule has 0 bridgehead atoms. The van der Waals surface area contributed by atoms with E-state index in [0.717, 1.165) is 27.1 Å². The second-order valence-corrected chi connectivity index (χ2v) is 9.02. The minimum atomic E-state index is -1.00. The van der Waals surface area contributed by atoms with Crippen molar-refractivity contribution in [2.75, 3.05) is 26.4 Å². The van der Waals surface area contributed by atoms with Crippen LogP contribution < -0.4 is 10.6 Å². The molecule has 4 rings (SSSR count). The van der Waals surface area contributed by atoms with E-state index < -0.39 is 24.0 Å². The second kappa shape index (κ2) is 11.6. The first kappa shape index (κ1) is 24.4. The number of thiophene rings is 1. The number of benzene rings is 2. The van der Waals surface area contributed by atoms with Crippen LogP contribution in [-0.2, 0) is 19.1 Å². The van der Waals surface area contributed by atoms with Crippen LogP contribution in [0, 0.1) is 0 Å². The predicted octanol–water partition coefficient (Wildman–Crippen LogP) is 3.94. The molecule has 1 heterocycles. The van der Waals surface area contributed by atoms with Crippen LogP contribution in [-0.4, -0.2) is 49.4 Å². The molecule has 0 spiro atoms. The number of carbonyl (C=O) groups excluding carboxylic acids is 2. The van der Waals surface area contributed by atoms with Crippen LogP contribution in [0.1, 0.15) is 34.4 Å². The van der Waals surface area contributed by atoms with Gasteiger partial charge in [-0.25, -0.2) is 4.79 Å². The van der Waals surface area contributed by atoms with Gasteiger partial charge in [0.1, 0.15) is 13.2 Å². The van der Waals surface area contributed by atoms with Crippen LogP contribution in [0.3, 0.4) is 0 Å². The number of fused-ring (bicyclic) bond motifs is 3. The van der Waals surface area contributed by atoms with E-state index in [1.807, 2.05) is 29.6 Å². The number of carboxylic acid groups (broad SMARTS) is 1. The number of ether oxygens (including phenoxy) is 2. The van der Waals surface area contributed by atoms with Crippen LogP contribution in [0.5, 0.6) is 0 Å². The normalized spacial score (nSPS) is 12.9. The van der Waals surface area contributed by atoms with Crippen molar-refractivity contribution in [3.05, 3.63) is 82.0 Å². The Bertz CT molecular complexity index is 1130. The summed E-state index contributed by atoms with van der Waals surface area (Å²) in [5, 5.41) is 16.2. The Morgan fingerprint density at radius 2 is 1.66 bits per heavy atom. The average molecular weight is 495 g/mol. The maximum Gasteiger partial charge on any atom is 0.407 e. The number of carboxylic acids is 1. The lowest BCUT2D eigenvalue weighted by molar-refractivity contribution is -0.138. The molecule has 0 radical (unpaired) electrons. The zero-order valence-electron chi connectivity index (χ0n) is 18.9. The summed E-state index contributed by atoms with van der Waals surface area (Å²) in [6.45, 7) is 0.262. The van der Waals surface area contributed by atoms with Gasteiger partial charge in [-0.2, -0.15) is 0 Å². The van der Waals surface area contributed by atoms with Gasteiger partial charge in [0.05, 0.1) is 19.1 Å². The maximum absolute atomic E-state index is 12.2. The van der Waals surface area contributed by atoms with Crippen LogP contribution in [0.2, 0.25) is 0 Å². The molecule has 35 heavy (non-hydrogen) atoms. The third-order valence-corrected chi connectivity index (χ3v) is 6.68. The zero-order chi connectivity index (χ0) is 24.6. The molecule has 8 nitrogen and oxygen atoms in total. The van der Waals surface area contributed by atoms with Crippen molar-refractivity contribution in [3.8, 4) is 11.1 Å². The van der Waals surface area contributed by atoms with Crippen LogP contribution in [0.25, 0.3) is 11.1 Å². The molecule has 0 saturated heterocycles. The number of nitrogens with one attached hydrogen (secondary N) is 2. The first-order valence-electron chi connectivity index (χ1n) is 11.2. The van der Waals surface area contributed by atoms with Gasteiger partial charge in [-0.05, 0) is 33.7 Å². The lowest BCUT2D eigenvalue weighted by atomic mass is 9.98. The Balaban J connectivity index is 1.17. The van der Waals surface area contributed by atoms with Gasteiger partial charge in [-0.3, -0.25) is 9.59 Å². The van der Waals surface area contributed by atoms with Crippen molar-refractivity contribution in [1.82, 2.24) is 10.6 Å². The molecular formula is C26H26N2O6S. The summed E-state index contributed by atoms with van der Waals surface area (Å²) in [6, 6.07) is 19.2. The monoisotopic (exact) mass is 494 g/mol. The van der Waals surface area contributed by atoms with Crippen molar-refractivity contribution in [3.63, 3.8) is 0 Å². The Morgan fingerprint density at radius 1 is 0.971 bits per heavy atom. The van der Waals surface area contributed by atoms with Crippen molar-refractivity contribution in [1.29, 1.82) is 0 Å². The topological polar surface area (TPSA) is 114 Å². The number of hydrogen-bond acceptors (Lipinski definition) is 6. The summed E-state index contributed by atoms with van der Waals surface area (Å²) in [5.41, 5.74) is 4.60. The van der Waals surface area contributed by atoms with Gasteiger partial charge in [-0.15, -0.1) is 11.3 Å². The van der Waals surface area contributed by atoms with Crippen LogP contribution in [0.15, 0.2) is 66.0 Å². The molecule has 182 valence electrons. The second-order valence-electron chi connectivity index (χ2n) is 8.04. The molecule has 1 aliphatic carbocycles. The molecule has 0 aliphatic heterocycles. The van der Waals surface area contributed by atoms with Crippen LogP contribution in [0.4, 0.5) is 4.79 Å². The summed E-state index contributed by atoms with van der Waals surface area (Å²) in [7, 11) is 0. The zero-order valence-corrected chi connectivity index (χ0v) is 19.8. The fraction of sp³-hybridized carbons (Fsp3) is 0.269. The third kappa shape index (κ3) is 6.26. The standard InChI is InChI=1S/C26H26N2O6S/c29-24(28-22(14-25(30)31)23-10-5-13-35-23)16-33-12-11-27-26(32)34-15-21-19-8-3-1-6-17(19)18-7-2-4-9-20(18)21/h1-10,13,21-22H,11-12,14-16H2,(H,27,32)(H,28,29)(H,30,31). The molecule has 0 saturated carbocycles. The molecule has 1 aromatic heterocycles. The lowest BCUT2D eigenvalue weighted by Crippen LogP contribution is -2.34. The maximum atomic E-state index is 12.2. The largest absolute Gasteiger partial charge is 0.481 e. The Labute approximate surface area is 206 Å². The highest BCUT2D eigenvalue weighted by Crippen LogP contribution is 2.44. The van der Waals surface area contributed by atoms with E-state index in [1.54, 1.807) is 12.1 Å². The smallest absolute Gasteiger partial charge is 0.407 e. The van der Waals surface area contributed by atoms with E-state index in [9.17, 15) is 14.4 Å². The number of alkyl carbamates (subject to hydrolysis) is 1. The van der Waals surface area contributed by atoms with E-state index in [2.05, 4.69) is 34.9 Å². The van der Waals surface area contributed by atoms with Crippen LogP contribution >= 0.6 is 11.3 Å². The number of amides is 2. The minimum Gasteiger partial charge on any atom is -0.481 e. The van der Waals surface area contributed by atoms with Gasteiger partial charge in [0.25, 0.3) is 0 Å². The van der Waals surface area contributed by atoms with Gasteiger partial charge >= 0.3 is 12.1 Å². The molecule has 1 aliphatic rings. The molecule has 3 aromatic rings. The number of rotatable bonds is 11. The minimum absolute atomic E-state index is 0.0183. The number of carbonyl (C=O) groups is 3. The molecule has 0 fully saturated rings. The SMILES string of the molecule is O=C(O)CC(NC(=O)COCCNC(=O)OCC1c2ccccc2-c2ccccc21)c1cccs1. The van der Waals surface area contributed by atoms with Gasteiger partial charge in [-0.1, -0.05) is 54.6 Å². The van der Waals surface area contributed by atoms with Crippen molar-refractivity contribution in [2.45, 2.75) is 18.4 Å². The Hall–Kier alpha value is -3.69. The number of hydrogen-bond donors (Lipinski definition) is 3.